The molecule has 0 spiro atoms. The van der Waals surface area contributed by atoms with Crippen LogP contribution in [0, 0.1) is 11.8 Å². The molecule has 0 aromatic heterocycles. The highest BCUT2D eigenvalue weighted by Crippen LogP contribution is 2.29. The molecule has 0 nitrogen and oxygen atoms in total. The minimum Gasteiger partial charge on any atom is -0.0982 e. The topological polar surface area (TPSA) is 0 Å². The second-order valence-electron chi connectivity index (χ2n) is 3.70. The van der Waals surface area contributed by atoms with Crippen LogP contribution >= 0.6 is 31.9 Å². The summed E-state index contributed by atoms with van der Waals surface area (Å²) in [7, 11) is 0. The number of unbranched alkanes of at least 4 members (excludes halogenated alkanes) is 2. The van der Waals surface area contributed by atoms with Crippen molar-refractivity contribution in [1.82, 2.24) is 0 Å². The summed E-state index contributed by atoms with van der Waals surface area (Å²) in [5, 5.41) is 0. The molecule has 0 radical (unpaired) electrons. The third-order valence-corrected chi connectivity index (χ3v) is 2.90. The van der Waals surface area contributed by atoms with Gasteiger partial charge in [-0.3, -0.25) is 0 Å². The average molecular weight is 332 g/mol. The monoisotopic (exact) mass is 330 g/mol. The molecule has 1 aliphatic rings. The molecule has 0 atom stereocenters. The Kier molecular flexibility index (Phi) is 6.36. The van der Waals surface area contributed by atoms with E-state index in [1.165, 1.54) is 36.8 Å². The van der Waals surface area contributed by atoms with E-state index in [2.05, 4.69) is 56.7 Å². The standard InChI is InChI=1S/C13H16Br2/c1-2-3-4-5-7-11-8-6-9-12(11)10-13(14)15/h10H,2-4,6,8-9H2,1H3. The van der Waals surface area contributed by atoms with Gasteiger partial charge in [-0.25, -0.2) is 0 Å². The minimum absolute atomic E-state index is 1.01. The van der Waals surface area contributed by atoms with Crippen LogP contribution in [0.4, 0.5) is 0 Å². The molecule has 0 unspecified atom stereocenters. The Bertz CT molecular complexity index is 322. The highest BCUT2D eigenvalue weighted by Gasteiger charge is 2.10. The third-order valence-electron chi connectivity index (χ3n) is 2.44. The van der Waals surface area contributed by atoms with E-state index in [0.29, 0.717) is 0 Å². The maximum absolute atomic E-state index is 3.40. The van der Waals surface area contributed by atoms with E-state index in [0.717, 1.165) is 16.2 Å². The summed E-state index contributed by atoms with van der Waals surface area (Å²) >= 11 is 6.80. The normalized spacial score (nSPS) is 14.9. The quantitative estimate of drug-likeness (QED) is 0.486. The van der Waals surface area contributed by atoms with Gasteiger partial charge in [0.05, 0.1) is 3.39 Å². The Balaban J connectivity index is 2.64. The van der Waals surface area contributed by atoms with Crippen molar-refractivity contribution in [3.8, 4) is 11.8 Å². The highest BCUT2D eigenvalue weighted by atomic mass is 79.9. The molecule has 0 bridgehead atoms. The van der Waals surface area contributed by atoms with Crippen molar-refractivity contribution in [3.63, 3.8) is 0 Å². The van der Waals surface area contributed by atoms with E-state index >= 15 is 0 Å². The molecule has 1 aliphatic carbocycles. The van der Waals surface area contributed by atoms with E-state index in [-0.39, 0.29) is 0 Å². The Hall–Kier alpha value is -0.000000000000000111. The Morgan fingerprint density at radius 2 is 2.20 bits per heavy atom. The van der Waals surface area contributed by atoms with E-state index in [1.807, 2.05) is 0 Å². The van der Waals surface area contributed by atoms with Crippen LogP contribution in [0.25, 0.3) is 0 Å². The summed E-state index contributed by atoms with van der Waals surface area (Å²) in [6.45, 7) is 2.20. The summed E-state index contributed by atoms with van der Waals surface area (Å²) in [5.41, 5.74) is 2.73. The van der Waals surface area contributed by atoms with Gasteiger partial charge in [-0.15, -0.1) is 0 Å². The van der Waals surface area contributed by atoms with Crippen LogP contribution in [0.1, 0.15) is 45.4 Å². The molecular formula is C13H16Br2. The minimum atomic E-state index is 1.01. The molecule has 0 aromatic carbocycles. The van der Waals surface area contributed by atoms with Crippen LogP contribution in [0.15, 0.2) is 20.6 Å². The fourth-order valence-electron chi connectivity index (χ4n) is 1.64. The maximum atomic E-state index is 3.40. The first-order valence-electron chi connectivity index (χ1n) is 5.47. The second kappa shape index (κ2) is 7.30. The summed E-state index contributed by atoms with van der Waals surface area (Å²) in [5.74, 6) is 6.58. The molecule has 15 heavy (non-hydrogen) atoms. The number of hydrogen-bond acceptors (Lipinski definition) is 0. The van der Waals surface area contributed by atoms with Gasteiger partial charge in [-0.1, -0.05) is 25.2 Å². The van der Waals surface area contributed by atoms with Gasteiger partial charge in [0.1, 0.15) is 0 Å². The van der Waals surface area contributed by atoms with Gasteiger partial charge < -0.3 is 0 Å². The zero-order valence-electron chi connectivity index (χ0n) is 9.08. The van der Waals surface area contributed by atoms with Gasteiger partial charge in [0, 0.05) is 12.0 Å². The third kappa shape index (κ3) is 5.04. The van der Waals surface area contributed by atoms with E-state index < -0.39 is 0 Å². The molecule has 0 saturated carbocycles. The first kappa shape index (κ1) is 13.1. The molecule has 0 N–H and O–H groups in total. The number of rotatable bonds is 3. The van der Waals surface area contributed by atoms with Crippen LogP contribution in [0.2, 0.25) is 0 Å². The molecule has 82 valence electrons. The second-order valence-corrected chi connectivity index (χ2v) is 6.47. The molecule has 0 heterocycles. The molecule has 0 amide bonds. The van der Waals surface area contributed by atoms with Crippen LogP contribution < -0.4 is 0 Å². The lowest BCUT2D eigenvalue weighted by Crippen LogP contribution is -1.77. The summed E-state index contributed by atoms with van der Waals surface area (Å²) in [6, 6.07) is 0. The zero-order valence-corrected chi connectivity index (χ0v) is 12.2. The smallest absolute Gasteiger partial charge is 0.0607 e. The summed E-state index contributed by atoms with van der Waals surface area (Å²) in [6.07, 6.45) is 9.18. The van der Waals surface area contributed by atoms with Crippen molar-refractivity contribution >= 4 is 31.9 Å². The fraction of sp³-hybridized carbons (Fsp3) is 0.538. The van der Waals surface area contributed by atoms with Gasteiger partial charge in [0.25, 0.3) is 0 Å². The SMILES string of the molecule is CCCCC#CC1=C(C=C(Br)Br)CCC1. The first-order chi connectivity index (χ1) is 7.24. The largest absolute Gasteiger partial charge is 0.0982 e. The number of halogens is 2. The van der Waals surface area contributed by atoms with Gasteiger partial charge in [-0.2, -0.15) is 0 Å². The van der Waals surface area contributed by atoms with Crippen molar-refractivity contribution in [2.75, 3.05) is 0 Å². The van der Waals surface area contributed by atoms with E-state index in [4.69, 9.17) is 0 Å². The molecule has 2 heteroatoms. The van der Waals surface area contributed by atoms with E-state index in [9.17, 15) is 0 Å². The van der Waals surface area contributed by atoms with Crippen LogP contribution in [-0.4, -0.2) is 0 Å². The lowest BCUT2D eigenvalue weighted by atomic mass is 10.1. The molecule has 0 aromatic rings. The molecule has 0 aliphatic heterocycles. The predicted molar refractivity (Wildman–Crippen MR) is 74.1 cm³/mol. The molecule has 0 saturated heterocycles. The van der Waals surface area contributed by atoms with Crippen molar-refractivity contribution in [2.24, 2.45) is 0 Å². The van der Waals surface area contributed by atoms with Crippen LogP contribution in [0.5, 0.6) is 0 Å². The maximum Gasteiger partial charge on any atom is 0.0607 e. The Morgan fingerprint density at radius 1 is 1.40 bits per heavy atom. The van der Waals surface area contributed by atoms with Crippen LogP contribution in [-0.2, 0) is 0 Å². The highest BCUT2D eigenvalue weighted by molar-refractivity contribution is 9.28. The molecule has 1 rings (SSSR count). The number of hydrogen-bond donors (Lipinski definition) is 0. The molecular weight excluding hydrogens is 316 g/mol. The Labute approximate surface area is 109 Å². The van der Waals surface area contributed by atoms with Gasteiger partial charge in [0.15, 0.2) is 0 Å². The van der Waals surface area contributed by atoms with Gasteiger partial charge in [0.2, 0.25) is 0 Å². The predicted octanol–water partition coefficient (Wildman–Crippen LogP) is 5.29. The van der Waals surface area contributed by atoms with Crippen LogP contribution in [0.3, 0.4) is 0 Å². The van der Waals surface area contributed by atoms with Gasteiger partial charge >= 0.3 is 0 Å². The lowest BCUT2D eigenvalue weighted by molar-refractivity contribution is 0.828. The molecule has 0 fully saturated rings. The van der Waals surface area contributed by atoms with Crippen molar-refractivity contribution in [3.05, 3.63) is 20.6 Å². The fourth-order valence-corrected chi connectivity index (χ4v) is 2.19. The Morgan fingerprint density at radius 3 is 2.87 bits per heavy atom. The average Bonchev–Trinajstić information content (AvgIpc) is 2.59. The number of allylic oxidation sites excluding steroid dienone is 3. The lowest BCUT2D eigenvalue weighted by Gasteiger charge is -1.94. The zero-order chi connectivity index (χ0) is 11.1. The van der Waals surface area contributed by atoms with Crippen molar-refractivity contribution in [2.45, 2.75) is 45.4 Å². The van der Waals surface area contributed by atoms with E-state index in [1.54, 1.807) is 0 Å². The van der Waals surface area contributed by atoms with Gasteiger partial charge in [-0.05, 0) is 69.2 Å². The van der Waals surface area contributed by atoms with Crippen molar-refractivity contribution < 1.29 is 0 Å². The summed E-state index contributed by atoms with van der Waals surface area (Å²) < 4.78 is 1.01. The summed E-state index contributed by atoms with van der Waals surface area (Å²) in [4.78, 5) is 0. The van der Waals surface area contributed by atoms with Crippen molar-refractivity contribution in [1.29, 1.82) is 0 Å². The first-order valence-corrected chi connectivity index (χ1v) is 7.06.